The Hall–Kier alpha value is -0.240. The predicted molar refractivity (Wildman–Crippen MR) is 62.4 cm³/mol. The molecule has 0 aromatic carbocycles. The van der Waals surface area contributed by atoms with Crippen LogP contribution in [0.2, 0.25) is 0 Å². The Bertz CT molecular complexity index is 259. The number of methoxy groups -OCH3 is 4. The lowest BCUT2D eigenvalue weighted by Gasteiger charge is -2.48. The van der Waals surface area contributed by atoms with Crippen molar-refractivity contribution in [1.29, 1.82) is 0 Å². The van der Waals surface area contributed by atoms with Crippen molar-refractivity contribution in [3.63, 3.8) is 0 Å². The van der Waals surface area contributed by atoms with E-state index in [1.54, 1.807) is 28.4 Å². The molecule has 6 atom stereocenters. The van der Waals surface area contributed by atoms with Gasteiger partial charge in [-0.05, 0) is 6.42 Å². The maximum absolute atomic E-state index is 5.90. The first-order chi connectivity index (χ1) is 8.76. The Morgan fingerprint density at radius 1 is 0.833 bits per heavy atom. The van der Waals surface area contributed by atoms with Crippen LogP contribution in [0, 0.1) is 0 Å². The van der Waals surface area contributed by atoms with Gasteiger partial charge in [-0.3, -0.25) is 0 Å². The molecule has 0 aliphatic carbocycles. The number of ether oxygens (including phenoxy) is 6. The second-order valence-electron chi connectivity index (χ2n) is 4.50. The molecule has 0 spiro atoms. The molecular weight excluding hydrogens is 240 g/mol. The summed E-state index contributed by atoms with van der Waals surface area (Å²) in [6, 6.07) is 0. The standard InChI is InChI=1S/C12H22O6/c1-13-7-5-6-17-10-8(7)18-12(16-4)11(15-3)9(10)14-2/h7-12H,5-6H2,1-4H3/t7-,8-,9+,10+,11-,12+/m1/s1. The van der Waals surface area contributed by atoms with Gasteiger partial charge in [-0.25, -0.2) is 0 Å². The highest BCUT2D eigenvalue weighted by Gasteiger charge is 2.51. The number of rotatable bonds is 4. The van der Waals surface area contributed by atoms with Crippen molar-refractivity contribution < 1.29 is 28.4 Å². The fourth-order valence-electron chi connectivity index (χ4n) is 2.77. The van der Waals surface area contributed by atoms with Crippen LogP contribution in [0.25, 0.3) is 0 Å². The highest BCUT2D eigenvalue weighted by molar-refractivity contribution is 4.97. The van der Waals surface area contributed by atoms with E-state index < -0.39 is 6.29 Å². The molecule has 0 amide bonds. The molecule has 2 rings (SSSR count). The lowest BCUT2D eigenvalue weighted by atomic mass is 9.91. The molecule has 6 nitrogen and oxygen atoms in total. The van der Waals surface area contributed by atoms with Crippen molar-refractivity contribution in [3.05, 3.63) is 0 Å². The Morgan fingerprint density at radius 2 is 1.56 bits per heavy atom. The van der Waals surface area contributed by atoms with Gasteiger partial charge in [0.05, 0.1) is 6.10 Å². The third-order valence-corrected chi connectivity index (χ3v) is 3.69. The molecule has 6 heteroatoms. The molecule has 106 valence electrons. The van der Waals surface area contributed by atoms with Gasteiger partial charge >= 0.3 is 0 Å². The number of hydrogen-bond donors (Lipinski definition) is 0. The van der Waals surface area contributed by atoms with Crippen LogP contribution in [-0.4, -0.2) is 71.9 Å². The van der Waals surface area contributed by atoms with Crippen molar-refractivity contribution in [2.45, 2.75) is 43.2 Å². The number of hydrogen-bond acceptors (Lipinski definition) is 6. The van der Waals surface area contributed by atoms with Crippen molar-refractivity contribution in [3.8, 4) is 0 Å². The molecule has 0 aromatic heterocycles. The summed E-state index contributed by atoms with van der Waals surface area (Å²) in [5.74, 6) is 0. The molecule has 0 aromatic rings. The van der Waals surface area contributed by atoms with E-state index in [1.807, 2.05) is 0 Å². The van der Waals surface area contributed by atoms with Gasteiger partial charge in [0.25, 0.3) is 0 Å². The molecular formula is C12H22O6. The van der Waals surface area contributed by atoms with Crippen LogP contribution in [0.5, 0.6) is 0 Å². The summed E-state index contributed by atoms with van der Waals surface area (Å²) in [5.41, 5.74) is 0. The van der Waals surface area contributed by atoms with Gasteiger partial charge in [-0.1, -0.05) is 0 Å². The van der Waals surface area contributed by atoms with E-state index in [-0.39, 0.29) is 30.5 Å². The second kappa shape index (κ2) is 6.27. The molecule has 2 fully saturated rings. The average molecular weight is 262 g/mol. The first-order valence-electron chi connectivity index (χ1n) is 6.15. The van der Waals surface area contributed by atoms with Crippen molar-refractivity contribution in [2.75, 3.05) is 35.0 Å². The lowest BCUT2D eigenvalue weighted by Crippen LogP contribution is -2.65. The minimum absolute atomic E-state index is 0.00291. The summed E-state index contributed by atoms with van der Waals surface area (Å²) >= 11 is 0. The van der Waals surface area contributed by atoms with E-state index in [4.69, 9.17) is 28.4 Å². The van der Waals surface area contributed by atoms with Gasteiger partial charge in [0.2, 0.25) is 0 Å². The van der Waals surface area contributed by atoms with E-state index in [9.17, 15) is 0 Å². The topological polar surface area (TPSA) is 55.4 Å². The van der Waals surface area contributed by atoms with E-state index in [2.05, 4.69) is 0 Å². The molecule has 2 aliphatic rings. The fraction of sp³-hybridized carbons (Fsp3) is 1.00. The van der Waals surface area contributed by atoms with Gasteiger partial charge in [0.1, 0.15) is 24.4 Å². The maximum atomic E-state index is 5.90. The average Bonchev–Trinajstić information content (AvgIpc) is 2.44. The normalized spacial score (nSPS) is 44.7. The molecule has 2 saturated heterocycles. The first-order valence-corrected chi connectivity index (χ1v) is 6.15. The Balaban J connectivity index is 2.19. The molecule has 0 unspecified atom stereocenters. The third kappa shape index (κ3) is 2.41. The van der Waals surface area contributed by atoms with E-state index in [0.29, 0.717) is 6.61 Å². The van der Waals surface area contributed by atoms with Gasteiger partial charge in [-0.2, -0.15) is 0 Å². The van der Waals surface area contributed by atoms with E-state index in [0.717, 1.165) is 6.42 Å². The zero-order valence-electron chi connectivity index (χ0n) is 11.3. The SMILES string of the molecule is CO[C@H]1O[C@H]2[C@H](OCC[C@H]2OC)[C@H](OC)[C@H]1OC. The van der Waals surface area contributed by atoms with Crippen LogP contribution in [0.15, 0.2) is 0 Å². The molecule has 18 heavy (non-hydrogen) atoms. The molecule has 2 heterocycles. The van der Waals surface area contributed by atoms with E-state index >= 15 is 0 Å². The third-order valence-electron chi connectivity index (χ3n) is 3.69. The highest BCUT2D eigenvalue weighted by atomic mass is 16.7. The van der Waals surface area contributed by atoms with Crippen molar-refractivity contribution >= 4 is 0 Å². The molecule has 0 saturated carbocycles. The second-order valence-corrected chi connectivity index (χ2v) is 4.50. The molecule has 0 N–H and O–H groups in total. The van der Waals surface area contributed by atoms with Crippen LogP contribution in [0.1, 0.15) is 6.42 Å². The summed E-state index contributed by atoms with van der Waals surface area (Å²) in [7, 11) is 6.53. The fourth-order valence-corrected chi connectivity index (χ4v) is 2.77. The first kappa shape index (κ1) is 14.2. The van der Waals surface area contributed by atoms with Gasteiger partial charge in [-0.15, -0.1) is 0 Å². The van der Waals surface area contributed by atoms with Crippen LogP contribution < -0.4 is 0 Å². The number of fused-ring (bicyclic) bond motifs is 1. The van der Waals surface area contributed by atoms with Crippen LogP contribution >= 0.6 is 0 Å². The zero-order chi connectivity index (χ0) is 13.1. The minimum atomic E-state index is -0.472. The molecule has 2 aliphatic heterocycles. The predicted octanol–water partition coefficient (Wildman–Crippen LogP) is 0.192. The van der Waals surface area contributed by atoms with Gasteiger partial charge < -0.3 is 28.4 Å². The summed E-state index contributed by atoms with van der Waals surface area (Å²) in [6.07, 6.45) is -0.580. The Kier molecular flexibility index (Phi) is 4.94. The van der Waals surface area contributed by atoms with Crippen LogP contribution in [0.3, 0.4) is 0 Å². The minimum Gasteiger partial charge on any atom is -0.379 e. The molecule has 0 radical (unpaired) electrons. The van der Waals surface area contributed by atoms with E-state index in [1.165, 1.54) is 0 Å². The maximum Gasteiger partial charge on any atom is 0.186 e. The smallest absolute Gasteiger partial charge is 0.186 e. The lowest BCUT2D eigenvalue weighted by molar-refractivity contribution is -0.331. The summed E-state index contributed by atoms with van der Waals surface area (Å²) < 4.78 is 33.4. The summed E-state index contributed by atoms with van der Waals surface area (Å²) in [6.45, 7) is 0.636. The zero-order valence-corrected chi connectivity index (χ0v) is 11.3. The van der Waals surface area contributed by atoms with Gasteiger partial charge in [0, 0.05) is 35.0 Å². The van der Waals surface area contributed by atoms with Gasteiger partial charge in [0.15, 0.2) is 6.29 Å². The highest BCUT2D eigenvalue weighted by Crippen LogP contribution is 2.33. The molecule has 0 bridgehead atoms. The van der Waals surface area contributed by atoms with Crippen molar-refractivity contribution in [1.82, 2.24) is 0 Å². The summed E-state index contributed by atoms with van der Waals surface area (Å²) in [4.78, 5) is 0. The quantitative estimate of drug-likeness (QED) is 0.721. The Labute approximate surface area is 107 Å². The Morgan fingerprint density at radius 3 is 2.11 bits per heavy atom. The monoisotopic (exact) mass is 262 g/mol. The summed E-state index contributed by atoms with van der Waals surface area (Å²) in [5, 5.41) is 0. The van der Waals surface area contributed by atoms with Crippen molar-refractivity contribution in [2.24, 2.45) is 0 Å². The largest absolute Gasteiger partial charge is 0.379 e. The van der Waals surface area contributed by atoms with Crippen LogP contribution in [0.4, 0.5) is 0 Å². The van der Waals surface area contributed by atoms with Crippen LogP contribution in [-0.2, 0) is 28.4 Å².